The quantitative estimate of drug-likeness (QED) is 0.842. The van der Waals surface area contributed by atoms with Crippen molar-refractivity contribution in [1.82, 2.24) is 9.03 Å². The fraction of sp³-hybridized carbons (Fsp3) is 0.600. The molecule has 2 fully saturated rings. The van der Waals surface area contributed by atoms with Gasteiger partial charge in [0.05, 0.1) is 19.3 Å². The maximum atomic E-state index is 12.6. The van der Waals surface area contributed by atoms with Crippen LogP contribution >= 0.6 is 15.9 Å². The Morgan fingerprint density at radius 1 is 1.18 bits per heavy atom. The van der Waals surface area contributed by atoms with Crippen molar-refractivity contribution in [3.8, 4) is 0 Å². The summed E-state index contributed by atoms with van der Waals surface area (Å²) in [5.74, 6) is 0.386. The van der Waals surface area contributed by atoms with Gasteiger partial charge in [-0.2, -0.15) is 17.4 Å². The third-order valence-electron chi connectivity index (χ3n) is 4.44. The molecule has 122 valence electrons. The summed E-state index contributed by atoms with van der Waals surface area (Å²) in [5, 5.41) is 0. The van der Waals surface area contributed by atoms with E-state index in [-0.39, 0.29) is 6.04 Å². The van der Waals surface area contributed by atoms with Crippen molar-refractivity contribution in [2.75, 3.05) is 26.3 Å². The predicted molar refractivity (Wildman–Crippen MR) is 88.7 cm³/mol. The zero-order valence-electron chi connectivity index (χ0n) is 12.4. The van der Waals surface area contributed by atoms with Gasteiger partial charge in [0.2, 0.25) is 0 Å². The van der Waals surface area contributed by atoms with Gasteiger partial charge >= 0.3 is 0 Å². The number of hydrogen-bond donors (Lipinski definition) is 1. The van der Waals surface area contributed by atoms with Gasteiger partial charge in [-0.1, -0.05) is 34.5 Å². The number of rotatable bonds is 5. The van der Waals surface area contributed by atoms with Crippen molar-refractivity contribution in [3.05, 3.63) is 34.3 Å². The molecule has 1 unspecified atom stereocenters. The van der Waals surface area contributed by atoms with Gasteiger partial charge in [0.25, 0.3) is 10.2 Å². The molecule has 3 rings (SSSR count). The summed E-state index contributed by atoms with van der Waals surface area (Å²) in [6.07, 6.45) is 3.33. The maximum absolute atomic E-state index is 12.6. The molecule has 0 bridgehead atoms. The molecule has 5 nitrogen and oxygen atoms in total. The van der Waals surface area contributed by atoms with Crippen LogP contribution in [0.4, 0.5) is 0 Å². The summed E-state index contributed by atoms with van der Waals surface area (Å²) in [6, 6.07) is 7.77. The van der Waals surface area contributed by atoms with Crippen molar-refractivity contribution < 1.29 is 13.2 Å². The molecule has 0 amide bonds. The van der Waals surface area contributed by atoms with Gasteiger partial charge in [-0.15, -0.1) is 0 Å². The normalized spacial score (nSPS) is 22.2. The maximum Gasteiger partial charge on any atom is 0.280 e. The van der Waals surface area contributed by atoms with Crippen LogP contribution in [0, 0.1) is 5.92 Å². The van der Waals surface area contributed by atoms with Crippen LogP contribution in [0.3, 0.4) is 0 Å². The van der Waals surface area contributed by atoms with Crippen molar-refractivity contribution in [2.24, 2.45) is 5.92 Å². The highest BCUT2D eigenvalue weighted by molar-refractivity contribution is 9.10. The Bertz CT molecular complexity index is 596. The first-order valence-electron chi connectivity index (χ1n) is 7.67. The van der Waals surface area contributed by atoms with E-state index in [1.807, 2.05) is 24.3 Å². The van der Waals surface area contributed by atoms with Gasteiger partial charge in [-0.25, -0.2) is 0 Å². The largest absolute Gasteiger partial charge is 0.379 e. The number of benzene rings is 1. The van der Waals surface area contributed by atoms with Crippen molar-refractivity contribution in [2.45, 2.75) is 25.3 Å². The topological polar surface area (TPSA) is 58.6 Å². The average molecular weight is 389 g/mol. The lowest BCUT2D eigenvalue weighted by Gasteiger charge is -2.36. The fourth-order valence-corrected chi connectivity index (χ4v) is 4.59. The molecular formula is C15H21BrN2O3S. The smallest absolute Gasteiger partial charge is 0.280 e. The lowest BCUT2D eigenvalue weighted by molar-refractivity contribution is 0.0719. The molecule has 1 saturated carbocycles. The van der Waals surface area contributed by atoms with Crippen LogP contribution in [0.2, 0.25) is 0 Å². The summed E-state index contributed by atoms with van der Waals surface area (Å²) >= 11 is 3.43. The average Bonchev–Trinajstić information content (AvgIpc) is 2.46. The molecule has 1 heterocycles. The molecule has 7 heteroatoms. The number of nitrogens with one attached hydrogen (secondary N) is 1. The Balaban J connectivity index is 1.79. The minimum atomic E-state index is -3.47. The fourth-order valence-electron chi connectivity index (χ4n) is 2.90. The van der Waals surface area contributed by atoms with E-state index in [1.54, 1.807) is 0 Å². The molecule has 0 aromatic heterocycles. The minimum Gasteiger partial charge on any atom is -0.379 e. The van der Waals surface area contributed by atoms with Gasteiger partial charge in [-0.05, 0) is 36.5 Å². The summed E-state index contributed by atoms with van der Waals surface area (Å²) in [5.41, 5.74) is 1.03. The highest BCUT2D eigenvalue weighted by Crippen LogP contribution is 2.38. The third kappa shape index (κ3) is 3.71. The van der Waals surface area contributed by atoms with Crippen LogP contribution in [0.5, 0.6) is 0 Å². The van der Waals surface area contributed by atoms with E-state index in [0.717, 1.165) is 22.9 Å². The molecule has 1 aliphatic heterocycles. The van der Waals surface area contributed by atoms with Crippen molar-refractivity contribution in [3.63, 3.8) is 0 Å². The third-order valence-corrected chi connectivity index (χ3v) is 6.56. The molecule has 1 atom stereocenters. The molecular weight excluding hydrogens is 368 g/mol. The van der Waals surface area contributed by atoms with Gasteiger partial charge in [-0.3, -0.25) is 0 Å². The van der Waals surface area contributed by atoms with E-state index in [1.165, 1.54) is 10.7 Å². The van der Waals surface area contributed by atoms with Crippen LogP contribution < -0.4 is 4.72 Å². The number of hydrogen-bond acceptors (Lipinski definition) is 3. The van der Waals surface area contributed by atoms with E-state index in [9.17, 15) is 8.42 Å². The lowest BCUT2D eigenvalue weighted by Crippen LogP contribution is -2.49. The molecule has 1 saturated heterocycles. The van der Waals surface area contributed by atoms with E-state index in [0.29, 0.717) is 32.2 Å². The van der Waals surface area contributed by atoms with Crippen molar-refractivity contribution in [1.29, 1.82) is 0 Å². The van der Waals surface area contributed by atoms with E-state index >= 15 is 0 Å². The molecule has 0 spiro atoms. The highest BCUT2D eigenvalue weighted by atomic mass is 79.9. The Morgan fingerprint density at radius 3 is 2.36 bits per heavy atom. The molecule has 1 N–H and O–H groups in total. The standard InChI is InChI=1S/C15H21BrN2O3S/c16-14-6-4-13(5-7-14)15(12-2-1-3-12)17-22(19,20)18-8-10-21-11-9-18/h4-7,12,15,17H,1-3,8-11H2. The van der Waals surface area contributed by atoms with Gasteiger partial charge in [0.1, 0.15) is 0 Å². The van der Waals surface area contributed by atoms with Crippen LogP contribution in [-0.4, -0.2) is 39.0 Å². The van der Waals surface area contributed by atoms with E-state index in [2.05, 4.69) is 20.7 Å². The van der Waals surface area contributed by atoms with Crippen LogP contribution in [0.25, 0.3) is 0 Å². The second-order valence-electron chi connectivity index (χ2n) is 5.85. The molecule has 0 radical (unpaired) electrons. The Hall–Kier alpha value is -0.470. The van der Waals surface area contributed by atoms with Crippen LogP contribution in [-0.2, 0) is 14.9 Å². The molecule has 1 aromatic carbocycles. The Morgan fingerprint density at radius 2 is 1.82 bits per heavy atom. The Kier molecular flexibility index (Phi) is 5.19. The SMILES string of the molecule is O=S(=O)(NC(c1ccc(Br)cc1)C1CCC1)N1CCOCC1. The van der Waals surface area contributed by atoms with Gasteiger partial charge in [0, 0.05) is 17.6 Å². The number of morpholine rings is 1. The van der Waals surface area contributed by atoms with Gasteiger partial charge in [0.15, 0.2) is 0 Å². The number of ether oxygens (including phenoxy) is 1. The summed E-state index contributed by atoms with van der Waals surface area (Å²) in [6.45, 7) is 1.78. The summed E-state index contributed by atoms with van der Waals surface area (Å²) in [4.78, 5) is 0. The monoisotopic (exact) mass is 388 g/mol. The predicted octanol–water partition coefficient (Wildman–Crippen LogP) is 2.46. The highest BCUT2D eigenvalue weighted by Gasteiger charge is 2.34. The number of halogens is 1. The second kappa shape index (κ2) is 6.97. The van der Waals surface area contributed by atoms with Crippen LogP contribution in [0.1, 0.15) is 30.9 Å². The summed E-state index contributed by atoms with van der Waals surface area (Å²) < 4.78 is 35.9. The first-order valence-corrected chi connectivity index (χ1v) is 9.90. The first-order chi connectivity index (χ1) is 10.6. The van der Waals surface area contributed by atoms with Crippen LogP contribution in [0.15, 0.2) is 28.7 Å². The molecule has 22 heavy (non-hydrogen) atoms. The summed E-state index contributed by atoms with van der Waals surface area (Å²) in [7, 11) is -3.47. The van der Waals surface area contributed by atoms with E-state index in [4.69, 9.17) is 4.74 Å². The molecule has 2 aliphatic rings. The first kappa shape index (κ1) is 16.4. The Labute approximate surface area is 140 Å². The molecule has 1 aliphatic carbocycles. The van der Waals surface area contributed by atoms with Crippen molar-refractivity contribution >= 4 is 26.1 Å². The zero-order valence-corrected chi connectivity index (χ0v) is 14.8. The second-order valence-corrected chi connectivity index (χ2v) is 8.47. The number of nitrogens with zero attached hydrogens (tertiary/aromatic N) is 1. The zero-order chi connectivity index (χ0) is 15.6. The van der Waals surface area contributed by atoms with E-state index < -0.39 is 10.2 Å². The van der Waals surface area contributed by atoms with Gasteiger partial charge < -0.3 is 4.74 Å². The lowest BCUT2D eigenvalue weighted by atomic mass is 9.77. The minimum absolute atomic E-state index is 0.144. The molecule has 1 aromatic rings.